The van der Waals surface area contributed by atoms with Gasteiger partial charge in [-0.3, -0.25) is 4.79 Å². The van der Waals surface area contributed by atoms with Gasteiger partial charge in [-0.1, -0.05) is 18.2 Å². The van der Waals surface area contributed by atoms with E-state index >= 15 is 0 Å². The van der Waals surface area contributed by atoms with Crippen LogP contribution in [-0.2, 0) is 13.1 Å². The molecule has 0 atom stereocenters. The molecule has 2 N–H and O–H groups in total. The Kier molecular flexibility index (Phi) is 5.16. The van der Waals surface area contributed by atoms with Gasteiger partial charge in [-0.2, -0.15) is 5.10 Å². The van der Waals surface area contributed by atoms with Crippen molar-refractivity contribution in [1.82, 2.24) is 5.43 Å². The summed E-state index contributed by atoms with van der Waals surface area (Å²) < 4.78 is 5.21. The number of benzene rings is 3. The second-order valence-electron chi connectivity index (χ2n) is 6.80. The van der Waals surface area contributed by atoms with Gasteiger partial charge in [-0.15, -0.1) is 0 Å². The lowest BCUT2D eigenvalue weighted by molar-refractivity contribution is 0.0955. The van der Waals surface area contributed by atoms with E-state index < -0.39 is 0 Å². The summed E-state index contributed by atoms with van der Waals surface area (Å²) in [5.74, 6) is 0.651. The molecule has 1 aliphatic rings. The van der Waals surface area contributed by atoms with Crippen molar-refractivity contribution in [2.45, 2.75) is 13.1 Å². The molecule has 1 aliphatic heterocycles. The number of fused-ring (bicyclic) bond motifs is 1. The van der Waals surface area contributed by atoms with Crippen LogP contribution in [0.4, 0.5) is 5.69 Å². The maximum absolute atomic E-state index is 12.4. The van der Waals surface area contributed by atoms with Crippen molar-refractivity contribution in [2.24, 2.45) is 5.10 Å². The Labute approximate surface area is 169 Å². The minimum atomic E-state index is -0.289. The zero-order valence-corrected chi connectivity index (χ0v) is 16.0. The fraction of sp³-hybridized carbons (Fsp3) is 0.130. The van der Waals surface area contributed by atoms with Gasteiger partial charge < -0.3 is 14.7 Å². The SMILES string of the molecule is COc1ccc(N2Cc3ccc(C(=O)N/N=C/c4ccccc4O)cc3C2)cc1. The number of hydrogen-bond acceptors (Lipinski definition) is 5. The predicted molar refractivity (Wildman–Crippen MR) is 112 cm³/mol. The third-order valence-electron chi connectivity index (χ3n) is 4.93. The monoisotopic (exact) mass is 387 g/mol. The number of ether oxygens (including phenoxy) is 1. The maximum atomic E-state index is 12.4. The van der Waals surface area contributed by atoms with Crippen LogP contribution in [0.1, 0.15) is 27.0 Å². The smallest absolute Gasteiger partial charge is 0.271 e. The fourth-order valence-corrected chi connectivity index (χ4v) is 3.33. The van der Waals surface area contributed by atoms with E-state index in [1.165, 1.54) is 11.8 Å². The van der Waals surface area contributed by atoms with Crippen LogP contribution in [0.3, 0.4) is 0 Å². The van der Waals surface area contributed by atoms with E-state index in [1.54, 1.807) is 37.4 Å². The number of methoxy groups -OCH3 is 1. The number of hydrogen-bond donors (Lipinski definition) is 2. The van der Waals surface area contributed by atoms with E-state index in [1.807, 2.05) is 36.4 Å². The largest absolute Gasteiger partial charge is 0.507 e. The van der Waals surface area contributed by atoms with Gasteiger partial charge >= 0.3 is 0 Å². The highest BCUT2D eigenvalue weighted by atomic mass is 16.5. The lowest BCUT2D eigenvalue weighted by atomic mass is 10.1. The Morgan fingerprint density at radius 2 is 1.83 bits per heavy atom. The van der Waals surface area contributed by atoms with Crippen LogP contribution in [0.15, 0.2) is 71.8 Å². The van der Waals surface area contributed by atoms with Crippen molar-refractivity contribution in [2.75, 3.05) is 12.0 Å². The van der Waals surface area contributed by atoms with Gasteiger partial charge in [0.1, 0.15) is 11.5 Å². The molecule has 0 radical (unpaired) electrons. The van der Waals surface area contributed by atoms with Gasteiger partial charge in [0.25, 0.3) is 5.91 Å². The standard InChI is InChI=1S/C23H21N3O3/c1-29-21-10-8-20(9-11-21)26-14-18-7-6-16(12-19(18)15-26)23(28)25-24-13-17-4-2-3-5-22(17)27/h2-13,27H,14-15H2,1H3,(H,25,28)/b24-13+. The lowest BCUT2D eigenvalue weighted by Gasteiger charge is -2.17. The molecule has 0 saturated heterocycles. The number of anilines is 1. The molecule has 3 aromatic rings. The number of amides is 1. The summed E-state index contributed by atoms with van der Waals surface area (Å²) >= 11 is 0. The van der Waals surface area contributed by atoms with E-state index in [0.717, 1.165) is 30.1 Å². The number of phenols is 1. The predicted octanol–water partition coefficient (Wildman–Crippen LogP) is 3.68. The van der Waals surface area contributed by atoms with E-state index in [2.05, 4.69) is 15.4 Å². The van der Waals surface area contributed by atoms with E-state index in [4.69, 9.17) is 4.74 Å². The van der Waals surface area contributed by atoms with Crippen LogP contribution in [0, 0.1) is 0 Å². The minimum Gasteiger partial charge on any atom is -0.507 e. The zero-order chi connectivity index (χ0) is 20.2. The van der Waals surface area contributed by atoms with Crippen LogP contribution in [0.25, 0.3) is 0 Å². The van der Waals surface area contributed by atoms with Gasteiger partial charge in [-0.25, -0.2) is 5.43 Å². The van der Waals surface area contributed by atoms with Gasteiger partial charge in [0.15, 0.2) is 0 Å². The first-order valence-electron chi connectivity index (χ1n) is 9.26. The quantitative estimate of drug-likeness (QED) is 0.517. The van der Waals surface area contributed by atoms with Crippen LogP contribution in [-0.4, -0.2) is 24.3 Å². The van der Waals surface area contributed by atoms with Crippen molar-refractivity contribution in [1.29, 1.82) is 0 Å². The molecular formula is C23H21N3O3. The summed E-state index contributed by atoms with van der Waals surface area (Å²) in [6.45, 7) is 1.54. The Balaban J connectivity index is 1.43. The molecule has 1 amide bonds. The first-order valence-corrected chi connectivity index (χ1v) is 9.26. The third-order valence-corrected chi connectivity index (χ3v) is 4.93. The van der Waals surface area contributed by atoms with E-state index in [9.17, 15) is 9.90 Å². The minimum absolute atomic E-state index is 0.113. The van der Waals surface area contributed by atoms with Crippen LogP contribution < -0.4 is 15.1 Å². The Morgan fingerprint density at radius 3 is 2.59 bits per heavy atom. The first kappa shape index (κ1) is 18.6. The molecule has 0 spiro atoms. The van der Waals surface area contributed by atoms with Crippen LogP contribution >= 0.6 is 0 Å². The summed E-state index contributed by atoms with van der Waals surface area (Å²) in [5, 5.41) is 13.7. The second kappa shape index (κ2) is 8.06. The third kappa shape index (κ3) is 4.06. The molecule has 29 heavy (non-hydrogen) atoms. The summed E-state index contributed by atoms with van der Waals surface area (Å²) in [6, 6.07) is 20.5. The number of nitrogens with one attached hydrogen (secondary N) is 1. The highest BCUT2D eigenvalue weighted by molar-refractivity contribution is 5.95. The molecule has 0 unspecified atom stereocenters. The molecule has 4 rings (SSSR count). The van der Waals surface area contributed by atoms with Gasteiger partial charge in [-0.05, 0) is 59.7 Å². The van der Waals surface area contributed by atoms with Crippen molar-refractivity contribution in [3.63, 3.8) is 0 Å². The molecule has 1 heterocycles. The van der Waals surface area contributed by atoms with Crippen molar-refractivity contribution in [3.05, 3.63) is 89.0 Å². The summed E-state index contributed by atoms with van der Waals surface area (Å²) in [4.78, 5) is 14.7. The number of rotatable bonds is 5. The molecule has 6 heteroatoms. The highest BCUT2D eigenvalue weighted by Gasteiger charge is 2.20. The van der Waals surface area contributed by atoms with Crippen LogP contribution in [0.5, 0.6) is 11.5 Å². The molecule has 0 aliphatic carbocycles. The van der Waals surface area contributed by atoms with Gasteiger partial charge in [0.2, 0.25) is 0 Å². The lowest BCUT2D eigenvalue weighted by Crippen LogP contribution is -2.18. The van der Waals surface area contributed by atoms with Gasteiger partial charge in [0, 0.05) is 29.9 Å². The average molecular weight is 387 g/mol. The Morgan fingerprint density at radius 1 is 1.07 bits per heavy atom. The number of para-hydroxylation sites is 1. The molecule has 0 aromatic heterocycles. The van der Waals surface area contributed by atoms with Gasteiger partial charge in [0.05, 0.1) is 13.3 Å². The topological polar surface area (TPSA) is 74.2 Å². The molecule has 0 saturated carbocycles. The molecule has 146 valence electrons. The molecule has 6 nitrogen and oxygen atoms in total. The zero-order valence-electron chi connectivity index (χ0n) is 16.0. The molecule has 0 fully saturated rings. The van der Waals surface area contributed by atoms with Crippen LogP contribution in [0.2, 0.25) is 0 Å². The van der Waals surface area contributed by atoms with Crippen molar-refractivity contribution < 1.29 is 14.6 Å². The number of hydrazone groups is 1. The number of phenolic OH excluding ortho intramolecular Hbond substituents is 1. The highest BCUT2D eigenvalue weighted by Crippen LogP contribution is 2.30. The summed E-state index contributed by atoms with van der Waals surface area (Å²) in [5.41, 5.74) is 7.04. The Bertz CT molecular complexity index is 1060. The number of carbonyl (C=O) groups excluding carboxylic acids is 1. The van der Waals surface area contributed by atoms with Crippen molar-refractivity contribution >= 4 is 17.8 Å². The first-order chi connectivity index (χ1) is 14.1. The van der Waals surface area contributed by atoms with E-state index in [0.29, 0.717) is 11.1 Å². The Hall–Kier alpha value is -3.80. The number of carbonyl (C=O) groups is 1. The average Bonchev–Trinajstić information content (AvgIpc) is 3.18. The molecule has 0 bridgehead atoms. The number of nitrogens with zero attached hydrogens (tertiary/aromatic N) is 2. The second-order valence-corrected chi connectivity index (χ2v) is 6.80. The normalized spacial score (nSPS) is 12.8. The van der Waals surface area contributed by atoms with Crippen molar-refractivity contribution in [3.8, 4) is 11.5 Å². The fourth-order valence-electron chi connectivity index (χ4n) is 3.33. The van der Waals surface area contributed by atoms with E-state index in [-0.39, 0.29) is 11.7 Å². The summed E-state index contributed by atoms with van der Waals surface area (Å²) in [7, 11) is 1.65. The molecular weight excluding hydrogens is 366 g/mol. The number of aromatic hydroxyl groups is 1. The maximum Gasteiger partial charge on any atom is 0.271 e. The summed E-state index contributed by atoms with van der Waals surface area (Å²) in [6.07, 6.45) is 1.42. The molecule has 3 aromatic carbocycles.